The van der Waals surface area contributed by atoms with Gasteiger partial charge in [0.2, 0.25) is 5.88 Å². The molecule has 10 heteroatoms. The fourth-order valence-electron chi connectivity index (χ4n) is 2.97. The number of piperazine rings is 1. The summed E-state index contributed by atoms with van der Waals surface area (Å²) in [4.78, 5) is 29.1. The third kappa shape index (κ3) is 4.16. The second kappa shape index (κ2) is 7.86. The van der Waals surface area contributed by atoms with Crippen LogP contribution in [0.1, 0.15) is 20.8 Å². The van der Waals surface area contributed by atoms with E-state index in [0.717, 1.165) is 0 Å². The number of anilines is 1. The van der Waals surface area contributed by atoms with Crippen molar-refractivity contribution in [2.24, 2.45) is 0 Å². The second-order valence-electron chi connectivity index (χ2n) is 7.36. The zero-order valence-corrected chi connectivity index (χ0v) is 17.5. The van der Waals surface area contributed by atoms with Gasteiger partial charge >= 0.3 is 6.09 Å². The Morgan fingerprint density at radius 3 is 2.46 bits per heavy atom. The van der Waals surface area contributed by atoms with Crippen molar-refractivity contribution in [3.05, 3.63) is 6.20 Å². The van der Waals surface area contributed by atoms with Crippen LogP contribution in [0.2, 0.25) is 0 Å². The van der Waals surface area contributed by atoms with E-state index < -0.39 is 5.60 Å². The van der Waals surface area contributed by atoms with Crippen molar-refractivity contribution in [1.82, 2.24) is 19.9 Å². The van der Waals surface area contributed by atoms with Crippen molar-refractivity contribution in [2.45, 2.75) is 31.5 Å². The predicted octanol–water partition coefficient (Wildman–Crippen LogP) is 2.52. The number of carbonyl (C=O) groups is 1. The molecule has 0 aliphatic carbocycles. The number of hydrogen-bond acceptors (Lipinski definition) is 9. The average molecular weight is 407 g/mol. The first-order valence-corrected chi connectivity index (χ1v) is 10.2. The standard InChI is InChI=1S/C18H25N5O4S/c1-18(2,3)27-17(25)23-8-6-22(7-9-23)14-12-11(26-4)10-19-15(24)13(12)20-16(21-14)28-5/h10H,6-9H2,1-5H3,(H,19,24). The lowest BCUT2D eigenvalue weighted by Gasteiger charge is -2.36. The minimum Gasteiger partial charge on any atom is -0.494 e. The molecule has 1 N–H and O–H groups in total. The number of aromatic hydroxyl groups is 1. The van der Waals surface area contributed by atoms with Gasteiger partial charge in [0, 0.05) is 26.2 Å². The van der Waals surface area contributed by atoms with Gasteiger partial charge < -0.3 is 24.4 Å². The molecule has 0 bridgehead atoms. The number of hydrogen-bond donors (Lipinski definition) is 1. The summed E-state index contributed by atoms with van der Waals surface area (Å²) in [5.41, 5.74) is -0.175. The summed E-state index contributed by atoms with van der Waals surface area (Å²) in [6, 6.07) is 0. The Balaban J connectivity index is 1.90. The van der Waals surface area contributed by atoms with Crippen molar-refractivity contribution >= 4 is 34.6 Å². The minimum absolute atomic E-state index is 0.165. The van der Waals surface area contributed by atoms with Crippen molar-refractivity contribution in [3.63, 3.8) is 0 Å². The maximum atomic E-state index is 12.3. The van der Waals surface area contributed by atoms with E-state index in [-0.39, 0.29) is 12.0 Å². The minimum atomic E-state index is -0.526. The molecule has 0 aromatic carbocycles. The van der Waals surface area contributed by atoms with Gasteiger partial charge in [-0.3, -0.25) is 0 Å². The van der Waals surface area contributed by atoms with E-state index in [1.54, 1.807) is 12.0 Å². The number of ether oxygens (including phenoxy) is 2. The lowest BCUT2D eigenvalue weighted by atomic mass is 10.2. The molecule has 1 aliphatic heterocycles. The number of amides is 1. The van der Waals surface area contributed by atoms with Crippen LogP contribution in [-0.4, -0.2) is 76.2 Å². The molecular formula is C18H25N5O4S. The Morgan fingerprint density at radius 1 is 1.21 bits per heavy atom. The van der Waals surface area contributed by atoms with Crippen molar-refractivity contribution in [2.75, 3.05) is 44.4 Å². The molecule has 3 heterocycles. The van der Waals surface area contributed by atoms with Crippen molar-refractivity contribution < 1.29 is 19.4 Å². The Hall–Kier alpha value is -2.49. The third-order valence-corrected chi connectivity index (χ3v) is 4.81. The summed E-state index contributed by atoms with van der Waals surface area (Å²) in [6.07, 6.45) is 3.01. The highest BCUT2D eigenvalue weighted by molar-refractivity contribution is 7.98. The maximum Gasteiger partial charge on any atom is 0.410 e. The highest BCUT2D eigenvalue weighted by Gasteiger charge is 2.28. The number of nitrogens with zero attached hydrogens (tertiary/aromatic N) is 5. The van der Waals surface area contributed by atoms with Gasteiger partial charge in [-0.05, 0) is 27.0 Å². The van der Waals surface area contributed by atoms with Gasteiger partial charge in [0.1, 0.15) is 16.9 Å². The summed E-state index contributed by atoms with van der Waals surface area (Å²) in [5.74, 6) is 0.986. The van der Waals surface area contributed by atoms with E-state index in [1.807, 2.05) is 27.0 Å². The van der Waals surface area contributed by atoms with Gasteiger partial charge in [-0.2, -0.15) is 0 Å². The third-order valence-electron chi connectivity index (χ3n) is 4.27. The molecule has 0 atom stereocenters. The molecule has 9 nitrogen and oxygen atoms in total. The lowest BCUT2D eigenvalue weighted by molar-refractivity contribution is 0.0240. The fourth-order valence-corrected chi connectivity index (χ4v) is 3.33. The van der Waals surface area contributed by atoms with Crippen LogP contribution in [0.3, 0.4) is 0 Å². The van der Waals surface area contributed by atoms with Crippen LogP contribution >= 0.6 is 11.8 Å². The average Bonchev–Trinajstić information content (AvgIpc) is 2.66. The highest BCUT2D eigenvalue weighted by atomic mass is 32.2. The molecule has 28 heavy (non-hydrogen) atoms. The van der Waals surface area contributed by atoms with E-state index in [0.29, 0.717) is 53.8 Å². The SMILES string of the molecule is COc1cnc(O)c2nc(SC)nc(N3CCN(C(=O)OC(C)(C)C)CC3)c12. The second-order valence-corrected chi connectivity index (χ2v) is 8.14. The number of carbonyl (C=O) groups excluding carboxylic acids is 1. The van der Waals surface area contributed by atoms with Crippen LogP contribution in [0.5, 0.6) is 11.6 Å². The molecule has 3 rings (SSSR count). The zero-order chi connectivity index (χ0) is 20.5. The Kier molecular flexibility index (Phi) is 5.69. The van der Waals surface area contributed by atoms with Crippen LogP contribution < -0.4 is 9.64 Å². The Labute approximate surface area is 168 Å². The van der Waals surface area contributed by atoms with E-state index >= 15 is 0 Å². The predicted molar refractivity (Wildman–Crippen MR) is 107 cm³/mol. The lowest BCUT2D eigenvalue weighted by Crippen LogP contribution is -2.50. The highest BCUT2D eigenvalue weighted by Crippen LogP contribution is 2.37. The van der Waals surface area contributed by atoms with Crippen LogP contribution in [0.15, 0.2) is 11.4 Å². The Morgan fingerprint density at radius 2 is 1.89 bits per heavy atom. The van der Waals surface area contributed by atoms with Gasteiger partial charge in [-0.15, -0.1) is 0 Å². The van der Waals surface area contributed by atoms with Gasteiger partial charge in [0.15, 0.2) is 10.9 Å². The van der Waals surface area contributed by atoms with E-state index in [1.165, 1.54) is 18.0 Å². The molecule has 152 valence electrons. The number of pyridine rings is 1. The molecule has 0 spiro atoms. The smallest absolute Gasteiger partial charge is 0.410 e. The summed E-state index contributed by atoms with van der Waals surface area (Å²) < 4.78 is 10.9. The Bertz CT molecular complexity index is 878. The zero-order valence-electron chi connectivity index (χ0n) is 16.7. The van der Waals surface area contributed by atoms with E-state index in [9.17, 15) is 9.90 Å². The number of aromatic nitrogens is 3. The van der Waals surface area contributed by atoms with E-state index in [4.69, 9.17) is 9.47 Å². The van der Waals surface area contributed by atoms with Crippen molar-refractivity contribution in [3.8, 4) is 11.6 Å². The summed E-state index contributed by atoms with van der Waals surface area (Å²) >= 11 is 1.38. The van der Waals surface area contributed by atoms with Crippen LogP contribution in [0.4, 0.5) is 10.6 Å². The first-order chi connectivity index (χ1) is 13.2. The number of methoxy groups -OCH3 is 1. The molecule has 0 saturated carbocycles. The first-order valence-electron chi connectivity index (χ1n) is 8.94. The van der Waals surface area contributed by atoms with Crippen LogP contribution in [0.25, 0.3) is 10.9 Å². The number of thioether (sulfide) groups is 1. The molecule has 2 aromatic heterocycles. The molecule has 0 unspecified atom stereocenters. The maximum absolute atomic E-state index is 12.3. The topological polar surface area (TPSA) is 101 Å². The number of rotatable bonds is 3. The molecule has 0 radical (unpaired) electrons. The van der Waals surface area contributed by atoms with Crippen LogP contribution in [0, 0.1) is 0 Å². The quantitative estimate of drug-likeness (QED) is 0.607. The van der Waals surface area contributed by atoms with Gasteiger partial charge in [0.05, 0.1) is 18.7 Å². The van der Waals surface area contributed by atoms with Crippen LogP contribution in [-0.2, 0) is 4.74 Å². The first kappa shape index (κ1) is 20.2. The summed E-state index contributed by atoms with van der Waals surface area (Å²) in [6.45, 7) is 7.72. The fraction of sp³-hybridized carbons (Fsp3) is 0.556. The summed E-state index contributed by atoms with van der Waals surface area (Å²) in [5, 5.41) is 11.3. The van der Waals surface area contributed by atoms with E-state index in [2.05, 4.69) is 19.9 Å². The monoisotopic (exact) mass is 407 g/mol. The molecular weight excluding hydrogens is 382 g/mol. The molecule has 1 aliphatic rings. The number of fused-ring (bicyclic) bond motifs is 1. The van der Waals surface area contributed by atoms with Gasteiger partial charge in [-0.25, -0.2) is 19.7 Å². The molecule has 2 aromatic rings. The molecule has 1 fully saturated rings. The summed E-state index contributed by atoms with van der Waals surface area (Å²) in [7, 11) is 1.54. The molecule has 1 amide bonds. The van der Waals surface area contributed by atoms with Crippen molar-refractivity contribution in [1.29, 1.82) is 0 Å². The molecule has 1 saturated heterocycles. The van der Waals surface area contributed by atoms with Gasteiger partial charge in [0.25, 0.3) is 0 Å². The normalized spacial score (nSPS) is 15.0. The van der Waals surface area contributed by atoms with Gasteiger partial charge in [-0.1, -0.05) is 11.8 Å². The largest absolute Gasteiger partial charge is 0.494 e.